The Kier molecular flexibility index (Phi) is 7.76. The summed E-state index contributed by atoms with van der Waals surface area (Å²) in [7, 11) is 3.53. The molecule has 4 nitrogen and oxygen atoms in total. The minimum absolute atomic E-state index is 0.695. The molecule has 1 fully saturated rings. The average Bonchev–Trinajstić information content (AvgIpc) is 2.58. The highest BCUT2D eigenvalue weighted by molar-refractivity contribution is 4.76. The van der Waals surface area contributed by atoms with Crippen molar-refractivity contribution in [3.63, 3.8) is 0 Å². The highest BCUT2D eigenvalue weighted by atomic mass is 16.5. The van der Waals surface area contributed by atoms with E-state index in [1.54, 1.807) is 14.2 Å². The van der Waals surface area contributed by atoms with Crippen molar-refractivity contribution < 1.29 is 9.47 Å². The van der Waals surface area contributed by atoms with E-state index in [1.807, 2.05) is 0 Å². The number of hydrogen-bond donors (Lipinski definition) is 1. The molecule has 4 heteroatoms. The van der Waals surface area contributed by atoms with E-state index in [-0.39, 0.29) is 0 Å². The summed E-state index contributed by atoms with van der Waals surface area (Å²) in [4.78, 5) is 2.51. The van der Waals surface area contributed by atoms with Gasteiger partial charge in [-0.2, -0.15) is 0 Å². The Labute approximate surface area is 99.3 Å². The van der Waals surface area contributed by atoms with E-state index in [4.69, 9.17) is 9.47 Å². The van der Waals surface area contributed by atoms with E-state index in [0.717, 1.165) is 32.8 Å². The van der Waals surface area contributed by atoms with Crippen molar-refractivity contribution in [1.29, 1.82) is 0 Å². The highest BCUT2D eigenvalue weighted by Crippen LogP contribution is 2.13. The molecule has 1 heterocycles. The first-order valence-electron chi connectivity index (χ1n) is 6.31. The summed E-state index contributed by atoms with van der Waals surface area (Å²) < 4.78 is 10.4. The molecule has 0 amide bonds. The van der Waals surface area contributed by atoms with Crippen LogP contribution in [-0.2, 0) is 9.47 Å². The van der Waals surface area contributed by atoms with E-state index in [1.165, 1.54) is 25.8 Å². The maximum atomic E-state index is 5.18. The maximum absolute atomic E-state index is 5.18. The van der Waals surface area contributed by atoms with Gasteiger partial charge in [-0.1, -0.05) is 0 Å². The molecule has 1 aliphatic rings. The van der Waals surface area contributed by atoms with Crippen molar-refractivity contribution in [3.8, 4) is 0 Å². The van der Waals surface area contributed by atoms with Gasteiger partial charge in [-0.3, -0.25) is 4.90 Å². The third-order valence-corrected chi connectivity index (χ3v) is 3.23. The monoisotopic (exact) mass is 230 g/mol. The summed E-state index contributed by atoms with van der Waals surface area (Å²) >= 11 is 0. The lowest BCUT2D eigenvalue weighted by atomic mass is 10.1. The third kappa shape index (κ3) is 5.25. The van der Waals surface area contributed by atoms with Crippen molar-refractivity contribution >= 4 is 0 Å². The number of nitrogens with one attached hydrogen (secondary N) is 1. The molecule has 1 atom stereocenters. The van der Waals surface area contributed by atoms with Gasteiger partial charge in [0.1, 0.15) is 0 Å². The summed E-state index contributed by atoms with van der Waals surface area (Å²) in [6.07, 6.45) is 3.81. The first-order valence-corrected chi connectivity index (χ1v) is 6.31. The van der Waals surface area contributed by atoms with Crippen LogP contribution in [0.3, 0.4) is 0 Å². The molecule has 16 heavy (non-hydrogen) atoms. The normalized spacial score (nSPS) is 22.3. The van der Waals surface area contributed by atoms with Crippen LogP contribution in [-0.4, -0.2) is 64.6 Å². The molecular weight excluding hydrogens is 204 g/mol. The lowest BCUT2D eigenvalue weighted by molar-refractivity contribution is 0.0829. The quantitative estimate of drug-likeness (QED) is 0.699. The minimum atomic E-state index is 0.695. The minimum Gasteiger partial charge on any atom is -0.383 e. The molecule has 0 aromatic carbocycles. The molecular formula is C12H26N2O2. The second-order valence-electron chi connectivity index (χ2n) is 4.36. The second-order valence-corrected chi connectivity index (χ2v) is 4.36. The Morgan fingerprint density at radius 2 is 1.75 bits per heavy atom. The number of rotatable bonds is 7. The third-order valence-electron chi connectivity index (χ3n) is 3.23. The zero-order valence-corrected chi connectivity index (χ0v) is 10.7. The highest BCUT2D eigenvalue weighted by Gasteiger charge is 2.19. The molecule has 0 saturated carbocycles. The van der Waals surface area contributed by atoms with Crippen molar-refractivity contribution in [2.45, 2.75) is 25.3 Å². The molecule has 1 saturated heterocycles. The van der Waals surface area contributed by atoms with Gasteiger partial charge in [-0.05, 0) is 32.4 Å². The standard InChI is InChI=1S/C12H26N2O2/c1-15-10-8-14(9-11-16-2)12-4-3-6-13-7-5-12/h12-13H,3-11H2,1-2H3/t12-/m1/s1. The first-order chi connectivity index (χ1) is 7.88. The van der Waals surface area contributed by atoms with Gasteiger partial charge in [0.15, 0.2) is 0 Å². The predicted octanol–water partition coefficient (Wildman–Crippen LogP) is 0.723. The second kappa shape index (κ2) is 8.93. The van der Waals surface area contributed by atoms with Crippen molar-refractivity contribution in [2.75, 3.05) is 53.6 Å². The first kappa shape index (κ1) is 13.9. The van der Waals surface area contributed by atoms with Crippen LogP contribution < -0.4 is 5.32 Å². The fraction of sp³-hybridized carbons (Fsp3) is 1.00. The van der Waals surface area contributed by atoms with E-state index in [0.29, 0.717) is 6.04 Å². The van der Waals surface area contributed by atoms with E-state index in [2.05, 4.69) is 10.2 Å². The molecule has 0 radical (unpaired) electrons. The molecule has 1 rings (SSSR count). The molecule has 0 unspecified atom stereocenters. The van der Waals surface area contributed by atoms with E-state index >= 15 is 0 Å². The van der Waals surface area contributed by atoms with Crippen LogP contribution in [0.2, 0.25) is 0 Å². The van der Waals surface area contributed by atoms with Crippen LogP contribution in [0.15, 0.2) is 0 Å². The van der Waals surface area contributed by atoms with Gasteiger partial charge in [-0.25, -0.2) is 0 Å². The Morgan fingerprint density at radius 3 is 2.38 bits per heavy atom. The Bertz CT molecular complexity index is 151. The fourth-order valence-electron chi connectivity index (χ4n) is 2.26. The summed E-state index contributed by atoms with van der Waals surface area (Å²) in [6.45, 7) is 5.97. The molecule has 1 aliphatic heterocycles. The molecule has 1 N–H and O–H groups in total. The van der Waals surface area contributed by atoms with Crippen molar-refractivity contribution in [1.82, 2.24) is 10.2 Å². The van der Waals surface area contributed by atoms with Crippen LogP contribution in [0.4, 0.5) is 0 Å². The van der Waals surface area contributed by atoms with Crippen LogP contribution in [0.1, 0.15) is 19.3 Å². The van der Waals surface area contributed by atoms with Gasteiger partial charge in [0.05, 0.1) is 13.2 Å². The largest absolute Gasteiger partial charge is 0.383 e. The number of methoxy groups -OCH3 is 2. The van der Waals surface area contributed by atoms with Gasteiger partial charge >= 0.3 is 0 Å². The number of nitrogens with zero attached hydrogens (tertiary/aromatic N) is 1. The molecule has 0 aliphatic carbocycles. The lowest BCUT2D eigenvalue weighted by Crippen LogP contribution is -2.40. The number of hydrogen-bond acceptors (Lipinski definition) is 4. The van der Waals surface area contributed by atoms with Crippen LogP contribution in [0.5, 0.6) is 0 Å². The SMILES string of the molecule is COCCN(CCOC)[C@@H]1CCCNCC1. The van der Waals surface area contributed by atoms with Gasteiger partial charge in [-0.15, -0.1) is 0 Å². The van der Waals surface area contributed by atoms with Crippen LogP contribution >= 0.6 is 0 Å². The van der Waals surface area contributed by atoms with Gasteiger partial charge in [0.25, 0.3) is 0 Å². The van der Waals surface area contributed by atoms with Crippen LogP contribution in [0, 0.1) is 0 Å². The fourth-order valence-corrected chi connectivity index (χ4v) is 2.26. The van der Waals surface area contributed by atoms with E-state index < -0.39 is 0 Å². The smallest absolute Gasteiger partial charge is 0.0589 e. The molecule has 0 spiro atoms. The maximum Gasteiger partial charge on any atom is 0.0589 e. The summed E-state index contributed by atoms with van der Waals surface area (Å²) in [5.41, 5.74) is 0. The molecule has 96 valence electrons. The zero-order chi connectivity index (χ0) is 11.6. The molecule has 0 aromatic heterocycles. The van der Waals surface area contributed by atoms with Crippen LogP contribution in [0.25, 0.3) is 0 Å². The lowest BCUT2D eigenvalue weighted by Gasteiger charge is -2.30. The Hall–Kier alpha value is -0.160. The summed E-state index contributed by atoms with van der Waals surface area (Å²) in [5.74, 6) is 0. The molecule has 0 bridgehead atoms. The summed E-state index contributed by atoms with van der Waals surface area (Å²) in [5, 5.41) is 3.46. The van der Waals surface area contributed by atoms with E-state index in [9.17, 15) is 0 Å². The predicted molar refractivity (Wildman–Crippen MR) is 65.8 cm³/mol. The zero-order valence-electron chi connectivity index (χ0n) is 10.7. The van der Waals surface area contributed by atoms with Gasteiger partial charge in [0, 0.05) is 33.4 Å². The van der Waals surface area contributed by atoms with Crippen molar-refractivity contribution in [2.24, 2.45) is 0 Å². The average molecular weight is 230 g/mol. The molecule has 0 aromatic rings. The van der Waals surface area contributed by atoms with Gasteiger partial charge in [0.2, 0.25) is 0 Å². The number of ether oxygens (including phenoxy) is 2. The Balaban J connectivity index is 2.37. The topological polar surface area (TPSA) is 33.7 Å². The van der Waals surface area contributed by atoms with Crippen molar-refractivity contribution in [3.05, 3.63) is 0 Å². The Morgan fingerprint density at radius 1 is 1.06 bits per heavy atom. The summed E-state index contributed by atoms with van der Waals surface area (Å²) in [6, 6.07) is 0.695. The van der Waals surface area contributed by atoms with Gasteiger partial charge < -0.3 is 14.8 Å².